The summed E-state index contributed by atoms with van der Waals surface area (Å²) >= 11 is 0. The molecular formula is C14H14O4. The number of hydrogen-bond acceptors (Lipinski definition) is 4. The minimum atomic E-state index is -0.559. The normalized spacial score (nSPS) is 9.00. The first-order chi connectivity index (χ1) is 8.65. The lowest BCUT2D eigenvalue weighted by molar-refractivity contribution is -0.140. The van der Waals surface area contributed by atoms with E-state index in [-0.39, 0.29) is 12.4 Å². The van der Waals surface area contributed by atoms with Gasteiger partial charge in [-0.05, 0) is 24.6 Å². The van der Waals surface area contributed by atoms with Gasteiger partial charge in [-0.3, -0.25) is 4.79 Å². The zero-order valence-electron chi connectivity index (χ0n) is 10.4. The summed E-state index contributed by atoms with van der Waals surface area (Å²) in [6.07, 6.45) is 0.186. The first-order valence-electron chi connectivity index (χ1n) is 5.50. The lowest BCUT2D eigenvalue weighted by Crippen LogP contribution is -2.04. The summed E-state index contributed by atoms with van der Waals surface area (Å²) in [4.78, 5) is 22.2. The highest BCUT2D eigenvalue weighted by atomic mass is 16.5. The van der Waals surface area contributed by atoms with E-state index in [1.54, 1.807) is 31.2 Å². The van der Waals surface area contributed by atoms with Crippen molar-refractivity contribution in [2.24, 2.45) is 0 Å². The molecule has 0 N–H and O–H groups in total. The van der Waals surface area contributed by atoms with E-state index in [9.17, 15) is 9.59 Å². The van der Waals surface area contributed by atoms with Crippen LogP contribution in [0.4, 0.5) is 0 Å². The Morgan fingerprint density at radius 3 is 2.78 bits per heavy atom. The van der Waals surface area contributed by atoms with Crippen LogP contribution in [-0.4, -0.2) is 25.7 Å². The minimum Gasteiger partial charge on any atom is -0.469 e. The van der Waals surface area contributed by atoms with Crippen molar-refractivity contribution in [3.05, 3.63) is 35.4 Å². The Bertz CT molecular complexity index is 494. The van der Waals surface area contributed by atoms with Gasteiger partial charge in [-0.1, -0.05) is 18.1 Å². The van der Waals surface area contributed by atoms with Crippen LogP contribution in [0.2, 0.25) is 0 Å². The third-order valence-electron chi connectivity index (χ3n) is 2.09. The number of carbonyl (C=O) groups excluding carboxylic acids is 2. The molecule has 0 atom stereocenters. The molecule has 0 bridgehead atoms. The molecule has 0 amide bonds. The first-order valence-corrected chi connectivity index (χ1v) is 5.50. The average molecular weight is 246 g/mol. The molecule has 0 saturated heterocycles. The summed E-state index contributed by atoms with van der Waals surface area (Å²) in [6, 6.07) is 7.07. The third-order valence-corrected chi connectivity index (χ3v) is 2.09. The lowest BCUT2D eigenvalue weighted by Gasteiger charge is -2.00. The van der Waals surface area contributed by atoms with Gasteiger partial charge in [0.25, 0.3) is 0 Å². The van der Waals surface area contributed by atoms with E-state index in [4.69, 9.17) is 0 Å². The molecule has 0 aromatic heterocycles. The minimum absolute atomic E-state index is 0.186. The number of esters is 2. The van der Waals surface area contributed by atoms with Crippen LogP contribution in [0.3, 0.4) is 0 Å². The maximum absolute atomic E-state index is 11.1. The van der Waals surface area contributed by atoms with Crippen LogP contribution in [0, 0.1) is 11.8 Å². The third kappa shape index (κ3) is 4.71. The number of ether oxygens (including phenoxy) is 2. The molecule has 0 saturated carbocycles. The van der Waals surface area contributed by atoms with E-state index >= 15 is 0 Å². The highest BCUT2D eigenvalue weighted by molar-refractivity contribution is 5.89. The van der Waals surface area contributed by atoms with Crippen molar-refractivity contribution in [1.29, 1.82) is 0 Å². The lowest BCUT2D eigenvalue weighted by atomic mass is 10.1. The molecule has 0 aliphatic carbocycles. The fourth-order valence-electron chi connectivity index (χ4n) is 1.29. The van der Waals surface area contributed by atoms with E-state index in [0.29, 0.717) is 12.2 Å². The van der Waals surface area contributed by atoms with E-state index in [1.165, 1.54) is 7.11 Å². The molecule has 0 aliphatic heterocycles. The van der Waals surface area contributed by atoms with E-state index in [0.717, 1.165) is 5.56 Å². The molecule has 94 valence electrons. The van der Waals surface area contributed by atoms with E-state index in [2.05, 4.69) is 21.3 Å². The van der Waals surface area contributed by atoms with Crippen molar-refractivity contribution in [3.63, 3.8) is 0 Å². The fraction of sp³-hybridized carbons (Fsp3) is 0.286. The molecule has 0 spiro atoms. The van der Waals surface area contributed by atoms with Crippen LogP contribution in [0.1, 0.15) is 18.1 Å². The Morgan fingerprint density at radius 1 is 1.33 bits per heavy atom. The highest BCUT2D eigenvalue weighted by Gasteiger charge is 2.02. The van der Waals surface area contributed by atoms with Gasteiger partial charge in [0.1, 0.15) is 0 Å². The van der Waals surface area contributed by atoms with Gasteiger partial charge < -0.3 is 9.47 Å². The molecule has 1 rings (SSSR count). The molecule has 0 aliphatic rings. The van der Waals surface area contributed by atoms with Gasteiger partial charge in [-0.25, -0.2) is 4.79 Å². The number of methoxy groups -OCH3 is 1. The van der Waals surface area contributed by atoms with E-state index < -0.39 is 5.97 Å². The molecule has 1 aromatic carbocycles. The molecular weight excluding hydrogens is 232 g/mol. The van der Waals surface area contributed by atoms with Crippen LogP contribution in [0.5, 0.6) is 0 Å². The summed E-state index contributed by atoms with van der Waals surface area (Å²) in [6.45, 7) is 2.02. The van der Waals surface area contributed by atoms with Gasteiger partial charge in [0.05, 0.1) is 20.1 Å². The monoisotopic (exact) mass is 246 g/mol. The van der Waals surface area contributed by atoms with Gasteiger partial charge in [0, 0.05) is 11.5 Å². The van der Waals surface area contributed by atoms with Crippen molar-refractivity contribution in [2.75, 3.05) is 13.7 Å². The highest BCUT2D eigenvalue weighted by Crippen LogP contribution is 2.05. The largest absolute Gasteiger partial charge is 0.469 e. The van der Waals surface area contributed by atoms with Gasteiger partial charge in [0.15, 0.2) is 0 Å². The zero-order valence-corrected chi connectivity index (χ0v) is 10.4. The Hall–Kier alpha value is -2.28. The Balaban J connectivity index is 2.76. The number of hydrogen-bond donors (Lipinski definition) is 0. The molecule has 0 heterocycles. The molecule has 0 fully saturated rings. The Kier molecular flexibility index (Phi) is 5.46. The van der Waals surface area contributed by atoms with Crippen molar-refractivity contribution < 1.29 is 19.1 Å². The second kappa shape index (κ2) is 7.13. The first kappa shape index (κ1) is 13.8. The second-order valence-electron chi connectivity index (χ2n) is 3.42. The zero-order chi connectivity index (χ0) is 13.4. The maximum Gasteiger partial charge on any atom is 0.384 e. The number of rotatable bonds is 3. The maximum atomic E-state index is 11.1. The summed E-state index contributed by atoms with van der Waals surface area (Å²) < 4.78 is 9.26. The SMILES string of the molecule is CCOC(=O)C#Cc1cccc(CC(=O)OC)c1. The predicted octanol–water partition coefficient (Wildman–Crippen LogP) is 1.32. The molecule has 4 nitrogen and oxygen atoms in total. The molecule has 4 heteroatoms. The topological polar surface area (TPSA) is 52.6 Å². The van der Waals surface area contributed by atoms with Crippen molar-refractivity contribution in [1.82, 2.24) is 0 Å². The van der Waals surface area contributed by atoms with Gasteiger partial charge in [-0.2, -0.15) is 0 Å². The van der Waals surface area contributed by atoms with Crippen LogP contribution in [-0.2, 0) is 25.5 Å². The van der Waals surface area contributed by atoms with Crippen LogP contribution in [0.15, 0.2) is 24.3 Å². The van der Waals surface area contributed by atoms with Crippen molar-refractivity contribution in [3.8, 4) is 11.8 Å². The average Bonchev–Trinajstić information content (AvgIpc) is 2.37. The summed E-state index contributed by atoms with van der Waals surface area (Å²) in [5, 5.41) is 0. The molecule has 18 heavy (non-hydrogen) atoms. The summed E-state index contributed by atoms with van der Waals surface area (Å²) in [5.74, 6) is 4.18. The van der Waals surface area contributed by atoms with Crippen molar-refractivity contribution in [2.45, 2.75) is 13.3 Å². The Morgan fingerprint density at radius 2 is 2.11 bits per heavy atom. The van der Waals surface area contributed by atoms with Gasteiger partial charge in [0.2, 0.25) is 0 Å². The van der Waals surface area contributed by atoms with Gasteiger partial charge in [-0.15, -0.1) is 0 Å². The predicted molar refractivity (Wildman–Crippen MR) is 65.7 cm³/mol. The van der Waals surface area contributed by atoms with Crippen LogP contribution >= 0.6 is 0 Å². The smallest absolute Gasteiger partial charge is 0.384 e. The van der Waals surface area contributed by atoms with Crippen LogP contribution in [0.25, 0.3) is 0 Å². The van der Waals surface area contributed by atoms with Crippen molar-refractivity contribution >= 4 is 11.9 Å². The quantitative estimate of drug-likeness (QED) is 0.596. The van der Waals surface area contributed by atoms with E-state index in [1.807, 2.05) is 0 Å². The standard InChI is InChI=1S/C14H14O4/c1-3-18-13(15)8-7-11-5-4-6-12(9-11)10-14(16)17-2/h4-6,9H,3,10H2,1-2H3. The molecule has 1 aromatic rings. The summed E-state index contributed by atoms with van der Waals surface area (Å²) in [5.41, 5.74) is 1.45. The Labute approximate surface area is 106 Å². The van der Waals surface area contributed by atoms with Gasteiger partial charge >= 0.3 is 11.9 Å². The second-order valence-corrected chi connectivity index (χ2v) is 3.42. The number of benzene rings is 1. The number of carbonyl (C=O) groups is 2. The fourth-order valence-corrected chi connectivity index (χ4v) is 1.29. The molecule has 0 radical (unpaired) electrons. The van der Waals surface area contributed by atoms with Crippen LogP contribution < -0.4 is 0 Å². The summed E-state index contributed by atoms with van der Waals surface area (Å²) in [7, 11) is 1.34. The molecule has 0 unspecified atom stereocenters.